The Kier molecular flexibility index (Phi) is 7.14. The lowest BCUT2D eigenvalue weighted by Gasteiger charge is -2.32. The summed E-state index contributed by atoms with van der Waals surface area (Å²) in [6, 6.07) is 18.2. The molecular weight excluding hydrogens is 382 g/mol. The lowest BCUT2D eigenvalue weighted by Crippen LogP contribution is -2.40. The molecule has 1 aliphatic heterocycles. The summed E-state index contributed by atoms with van der Waals surface area (Å²) in [5, 5.41) is 26.0. The van der Waals surface area contributed by atoms with Gasteiger partial charge < -0.3 is 10.6 Å². The maximum Gasteiger partial charge on any atom is 0.292 e. The lowest BCUT2D eigenvalue weighted by atomic mass is 10.0. The SMILES string of the molecule is N#C/C(=C/NC1CCN(Cc2ccccc2)CC1)C(=O)Nc1ccccc1[N+](=O)[O-]. The summed E-state index contributed by atoms with van der Waals surface area (Å²) in [6.07, 6.45) is 3.20. The Morgan fingerprint density at radius 1 is 1.17 bits per heavy atom. The molecule has 0 bridgehead atoms. The van der Waals surface area contributed by atoms with Gasteiger partial charge in [-0.3, -0.25) is 19.8 Å². The minimum atomic E-state index is -0.680. The van der Waals surface area contributed by atoms with Crippen LogP contribution in [0.15, 0.2) is 66.4 Å². The fraction of sp³-hybridized carbons (Fsp3) is 0.273. The number of amides is 1. The minimum Gasteiger partial charge on any atom is -0.387 e. The largest absolute Gasteiger partial charge is 0.387 e. The second-order valence-electron chi connectivity index (χ2n) is 7.10. The van der Waals surface area contributed by atoms with Crippen molar-refractivity contribution in [3.63, 3.8) is 0 Å². The van der Waals surface area contributed by atoms with Crippen molar-refractivity contribution < 1.29 is 9.72 Å². The molecule has 0 spiro atoms. The molecule has 2 N–H and O–H groups in total. The van der Waals surface area contributed by atoms with Gasteiger partial charge in [0, 0.05) is 37.9 Å². The van der Waals surface area contributed by atoms with E-state index in [1.54, 1.807) is 6.07 Å². The van der Waals surface area contributed by atoms with E-state index in [4.69, 9.17) is 0 Å². The fourth-order valence-electron chi connectivity index (χ4n) is 3.38. The molecule has 2 aromatic rings. The number of hydrogen-bond donors (Lipinski definition) is 2. The van der Waals surface area contributed by atoms with Crippen molar-refractivity contribution in [3.8, 4) is 6.07 Å². The van der Waals surface area contributed by atoms with Gasteiger partial charge in [0.05, 0.1) is 4.92 Å². The van der Waals surface area contributed by atoms with E-state index in [0.29, 0.717) is 0 Å². The number of benzene rings is 2. The van der Waals surface area contributed by atoms with Crippen molar-refractivity contribution in [2.24, 2.45) is 0 Å². The summed E-state index contributed by atoms with van der Waals surface area (Å²) in [6.45, 7) is 2.75. The average Bonchev–Trinajstić information content (AvgIpc) is 2.76. The second kappa shape index (κ2) is 10.2. The number of carbonyl (C=O) groups excluding carboxylic acids is 1. The van der Waals surface area contributed by atoms with Crippen LogP contribution in [0.2, 0.25) is 0 Å². The molecule has 154 valence electrons. The van der Waals surface area contributed by atoms with Crippen molar-refractivity contribution in [3.05, 3.63) is 82.0 Å². The summed E-state index contributed by atoms with van der Waals surface area (Å²) in [5.41, 5.74) is 0.992. The van der Waals surface area contributed by atoms with E-state index in [-0.39, 0.29) is 23.0 Å². The molecule has 0 saturated carbocycles. The highest BCUT2D eigenvalue weighted by atomic mass is 16.6. The van der Waals surface area contributed by atoms with Crippen molar-refractivity contribution >= 4 is 17.3 Å². The first-order chi connectivity index (χ1) is 14.6. The second-order valence-corrected chi connectivity index (χ2v) is 7.10. The number of carbonyl (C=O) groups is 1. The highest BCUT2D eigenvalue weighted by Crippen LogP contribution is 2.23. The predicted molar refractivity (Wildman–Crippen MR) is 113 cm³/mol. The summed E-state index contributed by atoms with van der Waals surface area (Å²) < 4.78 is 0. The first-order valence-electron chi connectivity index (χ1n) is 9.74. The van der Waals surface area contributed by atoms with Crippen LogP contribution in [0.25, 0.3) is 0 Å². The Labute approximate surface area is 175 Å². The number of nitriles is 1. The van der Waals surface area contributed by atoms with E-state index in [2.05, 4.69) is 27.7 Å². The average molecular weight is 405 g/mol. The Bertz CT molecular complexity index is 960. The van der Waals surface area contributed by atoms with Gasteiger partial charge in [-0.25, -0.2) is 0 Å². The van der Waals surface area contributed by atoms with Crippen LogP contribution in [-0.4, -0.2) is 34.9 Å². The molecule has 8 heteroatoms. The zero-order chi connectivity index (χ0) is 21.3. The molecule has 0 unspecified atom stereocenters. The van der Waals surface area contributed by atoms with Gasteiger partial charge in [0.1, 0.15) is 17.3 Å². The topological polar surface area (TPSA) is 111 Å². The van der Waals surface area contributed by atoms with E-state index in [9.17, 15) is 20.2 Å². The van der Waals surface area contributed by atoms with Crippen molar-refractivity contribution in [2.45, 2.75) is 25.4 Å². The molecule has 1 amide bonds. The quantitative estimate of drug-likeness (QED) is 0.317. The van der Waals surface area contributed by atoms with Gasteiger partial charge in [0.25, 0.3) is 11.6 Å². The zero-order valence-electron chi connectivity index (χ0n) is 16.5. The molecule has 1 aliphatic rings. The van der Waals surface area contributed by atoms with E-state index in [1.165, 1.54) is 30.0 Å². The Morgan fingerprint density at radius 3 is 2.50 bits per heavy atom. The molecule has 0 atom stereocenters. The number of nitro groups is 1. The van der Waals surface area contributed by atoms with Crippen LogP contribution in [0.3, 0.4) is 0 Å². The van der Waals surface area contributed by atoms with Crippen LogP contribution in [-0.2, 0) is 11.3 Å². The standard InChI is InChI=1S/C22H23N5O3/c23-14-18(22(28)25-20-8-4-5-9-21(20)27(29)30)15-24-19-10-12-26(13-11-19)16-17-6-2-1-3-7-17/h1-9,15,19,24H,10-13,16H2,(H,25,28)/b18-15-. The molecular formula is C22H23N5O3. The molecule has 1 saturated heterocycles. The maximum atomic E-state index is 12.4. The molecule has 2 aromatic carbocycles. The van der Waals surface area contributed by atoms with Gasteiger partial charge in [0.15, 0.2) is 0 Å². The molecule has 1 heterocycles. The van der Waals surface area contributed by atoms with E-state index < -0.39 is 10.8 Å². The third-order valence-corrected chi connectivity index (χ3v) is 5.01. The number of nitro benzene ring substituents is 1. The van der Waals surface area contributed by atoms with Crippen LogP contribution < -0.4 is 10.6 Å². The summed E-state index contributed by atoms with van der Waals surface area (Å²) >= 11 is 0. The summed E-state index contributed by atoms with van der Waals surface area (Å²) in [5.74, 6) is -0.680. The van der Waals surface area contributed by atoms with E-state index in [0.717, 1.165) is 32.5 Å². The van der Waals surface area contributed by atoms with Crippen LogP contribution in [0.4, 0.5) is 11.4 Å². The van der Waals surface area contributed by atoms with Gasteiger partial charge in [-0.1, -0.05) is 42.5 Å². The number of rotatable bonds is 7. The normalized spacial score (nSPS) is 15.2. The summed E-state index contributed by atoms with van der Waals surface area (Å²) in [7, 11) is 0. The van der Waals surface area contributed by atoms with Crippen molar-refractivity contribution in [1.29, 1.82) is 5.26 Å². The number of nitrogens with zero attached hydrogens (tertiary/aromatic N) is 3. The van der Waals surface area contributed by atoms with Crippen LogP contribution in [0.5, 0.6) is 0 Å². The van der Waals surface area contributed by atoms with Crippen molar-refractivity contribution in [1.82, 2.24) is 10.2 Å². The van der Waals surface area contributed by atoms with Crippen molar-refractivity contribution in [2.75, 3.05) is 18.4 Å². The Hall–Kier alpha value is -3.70. The molecule has 0 aromatic heterocycles. The third-order valence-electron chi connectivity index (χ3n) is 5.01. The number of piperidine rings is 1. The number of hydrogen-bond acceptors (Lipinski definition) is 6. The highest BCUT2D eigenvalue weighted by Gasteiger charge is 2.20. The van der Waals surface area contributed by atoms with Gasteiger partial charge in [-0.15, -0.1) is 0 Å². The van der Waals surface area contributed by atoms with E-state index in [1.807, 2.05) is 24.3 Å². The van der Waals surface area contributed by atoms with Crippen LogP contribution in [0, 0.1) is 21.4 Å². The smallest absolute Gasteiger partial charge is 0.292 e. The summed E-state index contributed by atoms with van der Waals surface area (Å²) in [4.78, 5) is 25.3. The number of nitrogens with one attached hydrogen (secondary N) is 2. The molecule has 30 heavy (non-hydrogen) atoms. The van der Waals surface area contributed by atoms with Crippen LogP contribution >= 0.6 is 0 Å². The number of likely N-dealkylation sites (tertiary alicyclic amines) is 1. The zero-order valence-corrected chi connectivity index (χ0v) is 16.5. The predicted octanol–water partition coefficient (Wildman–Crippen LogP) is 3.19. The van der Waals surface area contributed by atoms with Crippen LogP contribution in [0.1, 0.15) is 18.4 Å². The maximum absolute atomic E-state index is 12.4. The monoisotopic (exact) mass is 405 g/mol. The highest BCUT2D eigenvalue weighted by molar-refractivity contribution is 6.07. The molecule has 3 rings (SSSR count). The van der Waals surface area contributed by atoms with Gasteiger partial charge in [-0.05, 0) is 24.5 Å². The van der Waals surface area contributed by atoms with Gasteiger partial charge >= 0.3 is 0 Å². The Morgan fingerprint density at radius 2 is 1.83 bits per heavy atom. The molecule has 8 nitrogen and oxygen atoms in total. The molecule has 1 fully saturated rings. The first kappa shape index (κ1) is 21.0. The van der Waals surface area contributed by atoms with E-state index >= 15 is 0 Å². The minimum absolute atomic E-state index is 0.0582. The fourth-order valence-corrected chi connectivity index (χ4v) is 3.38. The Balaban J connectivity index is 1.53. The first-order valence-corrected chi connectivity index (χ1v) is 9.74. The lowest BCUT2D eigenvalue weighted by molar-refractivity contribution is -0.383. The third kappa shape index (κ3) is 5.65. The number of para-hydroxylation sites is 2. The van der Waals surface area contributed by atoms with Gasteiger partial charge in [-0.2, -0.15) is 5.26 Å². The number of anilines is 1. The molecule has 0 aliphatic carbocycles. The molecule has 0 radical (unpaired) electrons. The van der Waals surface area contributed by atoms with Gasteiger partial charge in [0.2, 0.25) is 0 Å².